The molecular weight excluding hydrogens is 245 g/mol. The maximum absolute atomic E-state index is 12.9. The molecular formula is C14H22FN3O. The molecule has 0 spiro atoms. The second-order valence-electron chi connectivity index (χ2n) is 5.19. The molecule has 0 radical (unpaired) electrons. The quantitative estimate of drug-likeness (QED) is 0.666. The van der Waals surface area contributed by atoms with Crippen LogP contribution in [0.25, 0.3) is 0 Å². The van der Waals surface area contributed by atoms with E-state index < -0.39 is 5.60 Å². The fourth-order valence-electron chi connectivity index (χ4n) is 1.81. The highest BCUT2D eigenvalue weighted by atomic mass is 19.1. The Morgan fingerprint density at radius 1 is 1.16 bits per heavy atom. The Kier molecular flexibility index (Phi) is 4.89. The van der Waals surface area contributed by atoms with Crippen molar-refractivity contribution in [2.24, 2.45) is 4.99 Å². The summed E-state index contributed by atoms with van der Waals surface area (Å²) < 4.78 is 12.9. The molecule has 0 aliphatic rings. The van der Waals surface area contributed by atoms with Gasteiger partial charge in [0, 0.05) is 28.2 Å². The summed E-state index contributed by atoms with van der Waals surface area (Å²) in [6.45, 7) is 1.89. The van der Waals surface area contributed by atoms with Gasteiger partial charge in [0.05, 0.1) is 6.54 Å². The van der Waals surface area contributed by atoms with Gasteiger partial charge in [-0.05, 0) is 24.6 Å². The second-order valence-corrected chi connectivity index (χ2v) is 5.19. The van der Waals surface area contributed by atoms with Gasteiger partial charge >= 0.3 is 0 Å². The molecule has 0 aliphatic carbocycles. The number of halogens is 1. The Morgan fingerprint density at radius 2 is 1.63 bits per heavy atom. The summed E-state index contributed by atoms with van der Waals surface area (Å²) in [7, 11) is 7.58. The highest BCUT2D eigenvalue weighted by Gasteiger charge is 2.23. The standard InChI is InChI=1S/C14H22FN3O/c1-14(19,11-6-8-12(15)9-7-11)10-16-13(17(2)3)18(4)5/h6-9,19H,10H2,1-5H3. The van der Waals surface area contributed by atoms with Crippen LogP contribution in [0, 0.1) is 5.82 Å². The molecule has 19 heavy (non-hydrogen) atoms. The molecule has 0 bridgehead atoms. The number of hydrogen-bond donors (Lipinski definition) is 1. The van der Waals surface area contributed by atoms with Crippen molar-refractivity contribution in [3.63, 3.8) is 0 Å². The zero-order valence-electron chi connectivity index (χ0n) is 12.2. The van der Waals surface area contributed by atoms with Crippen LogP contribution in [0.3, 0.4) is 0 Å². The van der Waals surface area contributed by atoms with Crippen LogP contribution in [0.1, 0.15) is 12.5 Å². The van der Waals surface area contributed by atoms with E-state index >= 15 is 0 Å². The topological polar surface area (TPSA) is 39.1 Å². The van der Waals surface area contributed by atoms with Crippen LogP contribution in [0.15, 0.2) is 29.3 Å². The van der Waals surface area contributed by atoms with Crippen molar-refractivity contribution in [1.29, 1.82) is 0 Å². The molecule has 0 saturated heterocycles. The van der Waals surface area contributed by atoms with Gasteiger partial charge in [0.1, 0.15) is 11.4 Å². The maximum atomic E-state index is 12.9. The predicted octanol–water partition coefficient (Wildman–Crippen LogP) is 1.51. The molecule has 0 aliphatic heterocycles. The van der Waals surface area contributed by atoms with E-state index in [1.807, 2.05) is 38.0 Å². The maximum Gasteiger partial charge on any atom is 0.195 e. The molecule has 4 nitrogen and oxygen atoms in total. The summed E-state index contributed by atoms with van der Waals surface area (Å²) in [5.74, 6) is 0.452. The number of benzene rings is 1. The third-order valence-corrected chi connectivity index (χ3v) is 2.79. The zero-order chi connectivity index (χ0) is 14.6. The Hall–Kier alpha value is -1.62. The van der Waals surface area contributed by atoms with Gasteiger partial charge in [0.2, 0.25) is 0 Å². The number of hydrogen-bond acceptors (Lipinski definition) is 2. The lowest BCUT2D eigenvalue weighted by atomic mass is 9.96. The zero-order valence-corrected chi connectivity index (χ0v) is 12.2. The van der Waals surface area contributed by atoms with Crippen LogP contribution in [0.4, 0.5) is 4.39 Å². The van der Waals surface area contributed by atoms with Crippen molar-refractivity contribution in [3.8, 4) is 0 Å². The van der Waals surface area contributed by atoms with Gasteiger partial charge < -0.3 is 14.9 Å². The van der Waals surface area contributed by atoms with E-state index in [-0.39, 0.29) is 12.4 Å². The Balaban J connectivity index is 2.90. The van der Waals surface area contributed by atoms with E-state index in [9.17, 15) is 9.50 Å². The molecule has 0 aromatic heterocycles. The van der Waals surface area contributed by atoms with Gasteiger partial charge in [0.25, 0.3) is 0 Å². The first-order valence-electron chi connectivity index (χ1n) is 6.11. The largest absolute Gasteiger partial charge is 0.384 e. The minimum atomic E-state index is -1.12. The first-order valence-corrected chi connectivity index (χ1v) is 6.11. The number of rotatable bonds is 3. The van der Waals surface area contributed by atoms with Gasteiger partial charge in [-0.25, -0.2) is 9.38 Å². The monoisotopic (exact) mass is 267 g/mol. The van der Waals surface area contributed by atoms with Crippen LogP contribution in [-0.4, -0.2) is 55.6 Å². The molecule has 1 aromatic rings. The van der Waals surface area contributed by atoms with Gasteiger partial charge in [0.15, 0.2) is 5.96 Å². The highest BCUT2D eigenvalue weighted by molar-refractivity contribution is 5.79. The summed E-state index contributed by atoms with van der Waals surface area (Å²) in [6.07, 6.45) is 0. The predicted molar refractivity (Wildman–Crippen MR) is 75.6 cm³/mol. The normalized spacial score (nSPS) is 13.6. The fourth-order valence-corrected chi connectivity index (χ4v) is 1.81. The summed E-state index contributed by atoms with van der Waals surface area (Å²) >= 11 is 0. The third-order valence-electron chi connectivity index (χ3n) is 2.79. The third kappa shape index (κ3) is 4.21. The van der Waals surface area contributed by atoms with Crippen LogP contribution in [-0.2, 0) is 5.60 Å². The molecule has 0 amide bonds. The molecule has 106 valence electrons. The Bertz CT molecular complexity index is 429. The second kappa shape index (κ2) is 6.02. The Morgan fingerprint density at radius 3 is 2.05 bits per heavy atom. The smallest absolute Gasteiger partial charge is 0.195 e. The van der Waals surface area contributed by atoms with E-state index in [2.05, 4.69) is 4.99 Å². The van der Waals surface area contributed by atoms with E-state index in [0.29, 0.717) is 5.56 Å². The highest BCUT2D eigenvalue weighted by Crippen LogP contribution is 2.21. The lowest BCUT2D eigenvalue weighted by molar-refractivity contribution is 0.0668. The number of nitrogens with zero attached hydrogens (tertiary/aromatic N) is 3. The van der Waals surface area contributed by atoms with Gasteiger partial charge in [-0.2, -0.15) is 0 Å². The molecule has 1 unspecified atom stereocenters. The molecule has 1 aromatic carbocycles. The van der Waals surface area contributed by atoms with Gasteiger partial charge in [-0.3, -0.25) is 0 Å². The first-order chi connectivity index (χ1) is 8.74. The van der Waals surface area contributed by atoms with Crippen molar-refractivity contribution in [2.45, 2.75) is 12.5 Å². The fraction of sp³-hybridized carbons (Fsp3) is 0.500. The van der Waals surface area contributed by atoms with Crippen molar-refractivity contribution >= 4 is 5.96 Å². The average molecular weight is 267 g/mol. The first kappa shape index (κ1) is 15.4. The van der Waals surface area contributed by atoms with Crippen LogP contribution in [0.5, 0.6) is 0 Å². The minimum Gasteiger partial charge on any atom is -0.384 e. The minimum absolute atomic E-state index is 0.213. The van der Waals surface area contributed by atoms with Crippen LogP contribution < -0.4 is 0 Å². The van der Waals surface area contributed by atoms with Gasteiger partial charge in [-0.1, -0.05) is 12.1 Å². The SMILES string of the molecule is CN(C)C(=NCC(C)(O)c1ccc(F)cc1)N(C)C. The molecule has 0 fully saturated rings. The Labute approximate surface area is 114 Å². The summed E-state index contributed by atoms with van der Waals surface area (Å²) in [5, 5.41) is 10.4. The van der Waals surface area contributed by atoms with E-state index in [1.165, 1.54) is 12.1 Å². The van der Waals surface area contributed by atoms with E-state index in [4.69, 9.17) is 0 Å². The van der Waals surface area contributed by atoms with Gasteiger partial charge in [-0.15, -0.1) is 0 Å². The molecule has 0 heterocycles. The lowest BCUT2D eigenvalue weighted by Gasteiger charge is -2.26. The number of guanidine groups is 1. The summed E-state index contributed by atoms with van der Waals surface area (Å²) in [5.41, 5.74) is -0.472. The lowest BCUT2D eigenvalue weighted by Crippen LogP contribution is -2.37. The molecule has 5 heteroatoms. The average Bonchev–Trinajstić information content (AvgIpc) is 2.28. The van der Waals surface area contributed by atoms with E-state index in [1.54, 1.807) is 19.1 Å². The summed E-state index contributed by atoms with van der Waals surface area (Å²) in [4.78, 5) is 8.17. The van der Waals surface area contributed by atoms with E-state index in [0.717, 1.165) is 5.96 Å². The van der Waals surface area contributed by atoms with Crippen molar-refractivity contribution in [3.05, 3.63) is 35.6 Å². The van der Waals surface area contributed by atoms with Crippen molar-refractivity contribution in [2.75, 3.05) is 34.7 Å². The molecule has 1 N–H and O–H groups in total. The summed E-state index contributed by atoms with van der Waals surface area (Å²) in [6, 6.07) is 5.84. The van der Waals surface area contributed by atoms with Crippen LogP contribution in [0.2, 0.25) is 0 Å². The number of aliphatic imine (C=N–C) groups is 1. The molecule has 1 rings (SSSR count). The van der Waals surface area contributed by atoms with Crippen LogP contribution >= 0.6 is 0 Å². The van der Waals surface area contributed by atoms with Crippen molar-refractivity contribution < 1.29 is 9.50 Å². The molecule has 0 saturated carbocycles. The number of aliphatic hydroxyl groups is 1. The molecule has 1 atom stereocenters. The van der Waals surface area contributed by atoms with Crippen molar-refractivity contribution in [1.82, 2.24) is 9.80 Å².